The number of nitrogens with zero attached hydrogens (tertiary/aromatic N) is 1. The second kappa shape index (κ2) is 5.68. The molecule has 2 saturated heterocycles. The maximum atomic E-state index is 12.1. The summed E-state index contributed by atoms with van der Waals surface area (Å²) in [5.41, 5.74) is -0.841. The van der Waals surface area contributed by atoms with Crippen LogP contribution < -0.4 is 10.6 Å². The molecule has 0 aromatic rings. The van der Waals surface area contributed by atoms with Gasteiger partial charge < -0.3 is 20.6 Å². The minimum Gasteiger partial charge on any atom is -0.481 e. The predicted octanol–water partition coefficient (Wildman–Crippen LogP) is 0.161. The van der Waals surface area contributed by atoms with E-state index >= 15 is 0 Å². The molecule has 2 heterocycles. The van der Waals surface area contributed by atoms with Crippen LogP contribution in [0.25, 0.3) is 0 Å². The van der Waals surface area contributed by atoms with Gasteiger partial charge in [0.05, 0.1) is 5.41 Å². The second-order valence-corrected chi connectivity index (χ2v) is 5.55. The summed E-state index contributed by atoms with van der Waals surface area (Å²) in [4.78, 5) is 36.6. The third kappa shape index (κ3) is 2.71. The van der Waals surface area contributed by atoms with Crippen LogP contribution in [0.3, 0.4) is 0 Å². The maximum Gasteiger partial charge on any atom is 0.318 e. The summed E-state index contributed by atoms with van der Waals surface area (Å²) in [5.74, 6) is -1.02. The van der Waals surface area contributed by atoms with Gasteiger partial charge in [0.25, 0.3) is 0 Å². The number of hydrogen-bond donors (Lipinski definition) is 3. The topological polar surface area (TPSA) is 98.7 Å². The van der Waals surface area contributed by atoms with Crippen molar-refractivity contribution in [2.75, 3.05) is 19.6 Å². The van der Waals surface area contributed by atoms with E-state index in [1.165, 1.54) is 4.90 Å². The number of amides is 3. The van der Waals surface area contributed by atoms with E-state index in [1.807, 2.05) is 6.92 Å². The molecule has 2 unspecified atom stereocenters. The number of carboxylic acids is 1. The van der Waals surface area contributed by atoms with Crippen LogP contribution in [0.2, 0.25) is 0 Å². The van der Waals surface area contributed by atoms with Gasteiger partial charge in [-0.25, -0.2) is 4.79 Å². The first-order chi connectivity index (χ1) is 9.48. The van der Waals surface area contributed by atoms with Gasteiger partial charge in [0.1, 0.15) is 6.04 Å². The van der Waals surface area contributed by atoms with Crippen LogP contribution in [0.4, 0.5) is 4.79 Å². The van der Waals surface area contributed by atoms with Crippen LogP contribution in [0.1, 0.15) is 32.6 Å². The zero-order chi connectivity index (χ0) is 14.8. The number of nitrogens with one attached hydrogen (secondary N) is 2. The summed E-state index contributed by atoms with van der Waals surface area (Å²) < 4.78 is 0. The zero-order valence-corrected chi connectivity index (χ0v) is 11.6. The number of likely N-dealkylation sites (tertiary alicyclic amines) is 1. The quantitative estimate of drug-likeness (QED) is 0.687. The number of rotatable bonds is 3. The van der Waals surface area contributed by atoms with E-state index in [1.54, 1.807) is 0 Å². The molecular weight excluding hydrogens is 262 g/mol. The van der Waals surface area contributed by atoms with Crippen molar-refractivity contribution in [3.8, 4) is 0 Å². The van der Waals surface area contributed by atoms with Crippen molar-refractivity contribution in [2.24, 2.45) is 5.41 Å². The normalized spacial score (nSPS) is 29.9. The fourth-order valence-electron chi connectivity index (χ4n) is 2.81. The average molecular weight is 283 g/mol. The number of urea groups is 1. The molecule has 0 bridgehead atoms. The van der Waals surface area contributed by atoms with Crippen molar-refractivity contribution in [3.05, 3.63) is 0 Å². The van der Waals surface area contributed by atoms with Crippen LogP contribution in [-0.2, 0) is 9.59 Å². The first-order valence-electron chi connectivity index (χ1n) is 7.05. The standard InChI is InChI=1S/C13H21N3O4/c1-2-13(11(18)19)5-7-16(8-13)12(20)15-9-4-3-6-14-10(9)17/h9H,2-8H2,1H3,(H,14,17)(H,15,20)(H,18,19). The largest absolute Gasteiger partial charge is 0.481 e. The van der Waals surface area contributed by atoms with E-state index in [0.717, 1.165) is 6.42 Å². The van der Waals surface area contributed by atoms with Crippen molar-refractivity contribution in [1.29, 1.82) is 0 Å². The molecule has 2 aliphatic rings. The zero-order valence-electron chi connectivity index (χ0n) is 11.6. The van der Waals surface area contributed by atoms with Crippen molar-refractivity contribution in [2.45, 2.75) is 38.6 Å². The number of carbonyl (C=O) groups excluding carboxylic acids is 2. The number of carboxylic acid groups (broad SMARTS) is 1. The van der Waals surface area contributed by atoms with E-state index in [9.17, 15) is 19.5 Å². The Kier molecular flexibility index (Phi) is 4.15. The molecule has 2 rings (SSSR count). The average Bonchev–Trinajstić information content (AvgIpc) is 2.87. The number of hydrogen-bond acceptors (Lipinski definition) is 3. The maximum absolute atomic E-state index is 12.1. The third-order valence-electron chi connectivity index (χ3n) is 4.35. The molecule has 2 fully saturated rings. The Morgan fingerprint density at radius 3 is 2.85 bits per heavy atom. The molecule has 0 aliphatic carbocycles. The number of carbonyl (C=O) groups is 3. The van der Waals surface area contributed by atoms with Gasteiger partial charge in [-0.15, -0.1) is 0 Å². The summed E-state index contributed by atoms with van der Waals surface area (Å²) in [6.45, 7) is 3.09. The monoisotopic (exact) mass is 283 g/mol. The Labute approximate surface area is 117 Å². The van der Waals surface area contributed by atoms with E-state index in [0.29, 0.717) is 32.4 Å². The smallest absolute Gasteiger partial charge is 0.318 e. The van der Waals surface area contributed by atoms with Gasteiger partial charge in [0, 0.05) is 19.6 Å². The predicted molar refractivity (Wildman–Crippen MR) is 71.1 cm³/mol. The lowest BCUT2D eigenvalue weighted by molar-refractivity contribution is -0.148. The minimum absolute atomic E-state index is 0.163. The fraction of sp³-hybridized carbons (Fsp3) is 0.769. The molecule has 7 heteroatoms. The van der Waals surface area contributed by atoms with E-state index in [2.05, 4.69) is 10.6 Å². The molecule has 2 aliphatic heterocycles. The minimum atomic E-state index is -0.856. The molecule has 112 valence electrons. The van der Waals surface area contributed by atoms with Crippen molar-refractivity contribution in [1.82, 2.24) is 15.5 Å². The van der Waals surface area contributed by atoms with Crippen LogP contribution in [0.15, 0.2) is 0 Å². The first kappa shape index (κ1) is 14.6. The van der Waals surface area contributed by atoms with Gasteiger partial charge in [-0.05, 0) is 25.7 Å². The van der Waals surface area contributed by atoms with Gasteiger partial charge >= 0.3 is 12.0 Å². The van der Waals surface area contributed by atoms with E-state index in [4.69, 9.17) is 0 Å². The molecule has 20 heavy (non-hydrogen) atoms. The summed E-state index contributed by atoms with van der Waals surface area (Å²) in [5, 5.41) is 14.7. The van der Waals surface area contributed by atoms with Crippen molar-refractivity contribution >= 4 is 17.9 Å². The molecule has 0 aromatic heterocycles. The molecule has 0 spiro atoms. The summed E-state index contributed by atoms with van der Waals surface area (Å²) in [6.07, 6.45) is 2.42. The van der Waals surface area contributed by atoms with Gasteiger partial charge in [-0.3, -0.25) is 9.59 Å². The summed E-state index contributed by atoms with van der Waals surface area (Å²) in [7, 11) is 0. The highest BCUT2D eigenvalue weighted by atomic mass is 16.4. The van der Waals surface area contributed by atoms with Gasteiger partial charge in [-0.2, -0.15) is 0 Å². The Balaban J connectivity index is 1.94. The molecule has 7 nitrogen and oxygen atoms in total. The highest BCUT2D eigenvalue weighted by Crippen LogP contribution is 2.34. The van der Waals surface area contributed by atoms with E-state index in [-0.39, 0.29) is 18.5 Å². The molecule has 0 radical (unpaired) electrons. The molecular formula is C13H21N3O4. The molecule has 2 atom stereocenters. The lowest BCUT2D eigenvalue weighted by Crippen LogP contribution is -2.53. The molecule has 0 saturated carbocycles. The lowest BCUT2D eigenvalue weighted by Gasteiger charge is -2.27. The van der Waals surface area contributed by atoms with Gasteiger partial charge in [0.2, 0.25) is 5.91 Å². The number of aliphatic carboxylic acids is 1. The highest BCUT2D eigenvalue weighted by Gasteiger charge is 2.45. The Morgan fingerprint density at radius 1 is 1.55 bits per heavy atom. The SMILES string of the molecule is CCC1(C(=O)O)CCN(C(=O)NC2CCCNC2=O)C1. The van der Waals surface area contributed by atoms with Crippen LogP contribution in [0.5, 0.6) is 0 Å². The fourth-order valence-corrected chi connectivity index (χ4v) is 2.81. The Hall–Kier alpha value is -1.79. The Morgan fingerprint density at radius 2 is 2.30 bits per heavy atom. The van der Waals surface area contributed by atoms with Gasteiger partial charge in [0.15, 0.2) is 0 Å². The summed E-state index contributed by atoms with van der Waals surface area (Å²) in [6, 6.07) is -0.846. The summed E-state index contributed by atoms with van der Waals surface area (Å²) >= 11 is 0. The lowest BCUT2D eigenvalue weighted by atomic mass is 9.84. The second-order valence-electron chi connectivity index (χ2n) is 5.55. The van der Waals surface area contributed by atoms with Crippen molar-refractivity contribution in [3.63, 3.8) is 0 Å². The van der Waals surface area contributed by atoms with Crippen molar-refractivity contribution < 1.29 is 19.5 Å². The van der Waals surface area contributed by atoms with E-state index < -0.39 is 17.4 Å². The first-order valence-corrected chi connectivity index (χ1v) is 7.05. The Bertz CT molecular complexity index is 426. The van der Waals surface area contributed by atoms with Crippen LogP contribution >= 0.6 is 0 Å². The molecule has 0 aromatic carbocycles. The van der Waals surface area contributed by atoms with Gasteiger partial charge in [-0.1, -0.05) is 6.92 Å². The molecule has 3 amide bonds. The number of piperidine rings is 1. The third-order valence-corrected chi connectivity index (χ3v) is 4.35. The van der Waals surface area contributed by atoms with Crippen LogP contribution in [0, 0.1) is 5.41 Å². The molecule has 3 N–H and O–H groups in total. The van der Waals surface area contributed by atoms with Crippen LogP contribution in [-0.4, -0.2) is 53.6 Å². The highest BCUT2D eigenvalue weighted by molar-refractivity contribution is 5.88.